The molecule has 11 heteroatoms. The summed E-state index contributed by atoms with van der Waals surface area (Å²) in [7, 11) is 0. The number of nitro benzene ring substituents is 2. The molecule has 188 valence electrons. The van der Waals surface area contributed by atoms with E-state index in [1.807, 2.05) is 6.07 Å². The Balaban J connectivity index is 2.06. The summed E-state index contributed by atoms with van der Waals surface area (Å²) in [5.41, 5.74) is 0.473. The summed E-state index contributed by atoms with van der Waals surface area (Å²) in [6, 6.07) is 22.6. The van der Waals surface area contributed by atoms with Gasteiger partial charge in [0.1, 0.15) is 0 Å². The lowest BCUT2D eigenvalue weighted by Gasteiger charge is -2.22. The molecule has 0 heterocycles. The zero-order valence-corrected chi connectivity index (χ0v) is 19.7. The van der Waals surface area contributed by atoms with Crippen molar-refractivity contribution in [3.8, 4) is 11.8 Å². The van der Waals surface area contributed by atoms with Gasteiger partial charge < -0.3 is 9.57 Å². The van der Waals surface area contributed by atoms with Crippen molar-refractivity contribution in [2.24, 2.45) is 11.1 Å². The Labute approximate surface area is 211 Å². The van der Waals surface area contributed by atoms with E-state index in [0.717, 1.165) is 18.2 Å². The molecule has 0 aromatic heterocycles. The normalized spacial score (nSPS) is 12.6. The predicted octanol–water partition coefficient (Wildman–Crippen LogP) is 5.16. The van der Waals surface area contributed by atoms with E-state index in [1.54, 1.807) is 67.6 Å². The number of ether oxygens (including phenoxy) is 1. The van der Waals surface area contributed by atoms with E-state index < -0.39 is 39.0 Å². The second-order valence-corrected chi connectivity index (χ2v) is 7.74. The summed E-state index contributed by atoms with van der Waals surface area (Å²) in [6.45, 7) is 1.75. The van der Waals surface area contributed by atoms with Gasteiger partial charge >= 0.3 is 11.7 Å². The fraction of sp³-hybridized carbons (Fsp3) is 0.192. The number of esters is 1. The highest BCUT2D eigenvalue weighted by atomic mass is 16.7. The minimum Gasteiger partial charge on any atom is -0.465 e. The first-order valence-electron chi connectivity index (χ1n) is 11.2. The fourth-order valence-corrected chi connectivity index (χ4v) is 3.66. The second kappa shape index (κ2) is 12.6. The van der Waals surface area contributed by atoms with E-state index in [4.69, 9.17) is 9.57 Å². The Hall–Kier alpha value is -5.11. The van der Waals surface area contributed by atoms with Crippen molar-refractivity contribution in [3.05, 3.63) is 110 Å². The summed E-state index contributed by atoms with van der Waals surface area (Å²) in [5, 5.41) is 36.6. The third kappa shape index (κ3) is 6.73. The van der Waals surface area contributed by atoms with Gasteiger partial charge in [-0.15, -0.1) is 0 Å². The van der Waals surface area contributed by atoms with Gasteiger partial charge in [-0.25, -0.2) is 0 Å². The van der Waals surface area contributed by atoms with Crippen molar-refractivity contribution in [2.75, 3.05) is 6.61 Å². The van der Waals surface area contributed by atoms with E-state index in [-0.39, 0.29) is 18.8 Å². The zero-order chi connectivity index (χ0) is 26.8. The third-order valence-corrected chi connectivity index (χ3v) is 5.43. The van der Waals surface area contributed by atoms with Crippen LogP contribution < -0.4 is 4.84 Å². The monoisotopic (exact) mass is 502 g/mol. The molecule has 0 radical (unpaired) electrons. The zero-order valence-electron chi connectivity index (χ0n) is 19.7. The molecule has 0 saturated carbocycles. The number of nitro groups is 2. The van der Waals surface area contributed by atoms with Crippen LogP contribution in [0.15, 0.2) is 84.0 Å². The van der Waals surface area contributed by atoms with Crippen LogP contribution >= 0.6 is 0 Å². The highest BCUT2D eigenvalue weighted by Crippen LogP contribution is 2.33. The van der Waals surface area contributed by atoms with Crippen LogP contribution in [-0.4, -0.2) is 28.1 Å². The summed E-state index contributed by atoms with van der Waals surface area (Å²) in [4.78, 5) is 39.1. The maximum Gasteiger partial charge on any atom is 0.323 e. The first kappa shape index (κ1) is 26.5. The summed E-state index contributed by atoms with van der Waals surface area (Å²) < 4.78 is 5.12. The van der Waals surface area contributed by atoms with Crippen molar-refractivity contribution in [1.29, 1.82) is 5.26 Å². The van der Waals surface area contributed by atoms with Gasteiger partial charge in [0, 0.05) is 18.4 Å². The first-order valence-corrected chi connectivity index (χ1v) is 11.2. The van der Waals surface area contributed by atoms with Gasteiger partial charge in [0.25, 0.3) is 5.69 Å². The number of hydrogen-bond acceptors (Lipinski definition) is 9. The minimum atomic E-state index is -1.16. The average molecular weight is 502 g/mol. The van der Waals surface area contributed by atoms with Crippen LogP contribution in [0.4, 0.5) is 11.4 Å². The predicted molar refractivity (Wildman–Crippen MR) is 133 cm³/mol. The number of rotatable bonds is 11. The van der Waals surface area contributed by atoms with E-state index in [0.29, 0.717) is 16.8 Å². The summed E-state index contributed by atoms with van der Waals surface area (Å²) >= 11 is 0. The Morgan fingerprint density at radius 3 is 2.22 bits per heavy atom. The van der Waals surface area contributed by atoms with Crippen LogP contribution in [0, 0.1) is 37.5 Å². The molecule has 0 aliphatic carbocycles. The molecule has 3 rings (SSSR count). The highest BCUT2D eigenvalue weighted by Gasteiger charge is 2.33. The number of oxime groups is 1. The molecule has 2 unspecified atom stereocenters. The van der Waals surface area contributed by atoms with Gasteiger partial charge in [0.05, 0.1) is 34.3 Å². The molecule has 11 nitrogen and oxygen atoms in total. The molecule has 3 aromatic carbocycles. The van der Waals surface area contributed by atoms with E-state index in [1.165, 1.54) is 0 Å². The van der Waals surface area contributed by atoms with Crippen molar-refractivity contribution in [3.63, 3.8) is 0 Å². The number of carbonyl (C=O) groups is 1. The highest BCUT2D eigenvalue weighted by molar-refractivity contribution is 6.01. The van der Waals surface area contributed by atoms with Crippen LogP contribution in [0.25, 0.3) is 0 Å². The number of benzene rings is 3. The van der Waals surface area contributed by atoms with Gasteiger partial charge in [0.15, 0.2) is 5.92 Å². The molecule has 3 aromatic rings. The molecular weight excluding hydrogens is 480 g/mol. The number of nitriles is 1. The van der Waals surface area contributed by atoms with Crippen LogP contribution in [-0.2, 0) is 9.53 Å². The van der Waals surface area contributed by atoms with Crippen LogP contribution in [0.3, 0.4) is 0 Å². The number of non-ortho nitro benzene ring substituents is 1. The molecule has 2 atom stereocenters. The molecule has 0 amide bonds. The van der Waals surface area contributed by atoms with E-state index in [2.05, 4.69) is 5.16 Å². The smallest absolute Gasteiger partial charge is 0.323 e. The Kier molecular flexibility index (Phi) is 8.99. The summed E-state index contributed by atoms with van der Waals surface area (Å²) in [6.07, 6.45) is 0.0475. The van der Waals surface area contributed by atoms with E-state index in [9.17, 15) is 30.3 Å². The van der Waals surface area contributed by atoms with Crippen molar-refractivity contribution in [2.45, 2.75) is 19.3 Å². The molecule has 0 fully saturated rings. The van der Waals surface area contributed by atoms with Crippen molar-refractivity contribution >= 4 is 23.1 Å². The van der Waals surface area contributed by atoms with Crippen molar-refractivity contribution < 1.29 is 24.2 Å². The Morgan fingerprint density at radius 1 is 1.00 bits per heavy atom. The molecule has 0 saturated heterocycles. The van der Waals surface area contributed by atoms with Crippen molar-refractivity contribution in [1.82, 2.24) is 0 Å². The van der Waals surface area contributed by atoms with Gasteiger partial charge in [0.2, 0.25) is 5.75 Å². The second-order valence-electron chi connectivity index (χ2n) is 7.74. The van der Waals surface area contributed by atoms with Crippen LogP contribution in [0.1, 0.15) is 30.4 Å². The Bertz CT molecular complexity index is 1340. The standard InChI is InChI=1S/C26H22N4O7/c1-2-36-26(31)22(17-27)21(18-9-5-3-6-10-18)16-23(19-11-7-4-8-12-19)28-37-25-14-13-20(29(32)33)15-24(25)30(34)35/h3-15,21-22H,2,16H2,1H3/b28-23-. The molecule has 0 aliphatic rings. The molecule has 0 bridgehead atoms. The fourth-order valence-electron chi connectivity index (χ4n) is 3.66. The minimum absolute atomic E-state index is 0.0475. The lowest BCUT2D eigenvalue weighted by atomic mass is 9.82. The molecular formula is C26H22N4O7. The maximum atomic E-state index is 12.6. The molecule has 0 spiro atoms. The number of hydrogen-bond donors (Lipinski definition) is 0. The van der Waals surface area contributed by atoms with Crippen LogP contribution in [0.2, 0.25) is 0 Å². The SMILES string of the molecule is CCOC(=O)C(C#N)C(C/C(=N/Oc1ccc([N+](=O)[O-])cc1[N+](=O)[O-])c1ccccc1)c1ccccc1. The van der Waals surface area contributed by atoms with Crippen LogP contribution in [0.5, 0.6) is 5.75 Å². The van der Waals surface area contributed by atoms with E-state index >= 15 is 0 Å². The number of nitrogens with zero attached hydrogens (tertiary/aromatic N) is 4. The quantitative estimate of drug-likeness (QED) is 0.150. The third-order valence-electron chi connectivity index (χ3n) is 5.43. The van der Waals surface area contributed by atoms with Gasteiger partial charge in [-0.05, 0) is 24.1 Å². The topological polar surface area (TPSA) is 158 Å². The molecule has 0 aliphatic heterocycles. The molecule has 37 heavy (non-hydrogen) atoms. The van der Waals surface area contributed by atoms with Gasteiger partial charge in [-0.3, -0.25) is 25.0 Å². The Morgan fingerprint density at radius 2 is 1.65 bits per heavy atom. The maximum absolute atomic E-state index is 12.6. The lowest BCUT2D eigenvalue weighted by molar-refractivity contribution is -0.394. The molecule has 0 N–H and O–H groups in total. The van der Waals surface area contributed by atoms with Gasteiger partial charge in [-0.2, -0.15) is 5.26 Å². The lowest BCUT2D eigenvalue weighted by Crippen LogP contribution is -2.26. The summed E-state index contributed by atoms with van der Waals surface area (Å²) in [5.74, 6) is -2.83. The largest absolute Gasteiger partial charge is 0.465 e. The average Bonchev–Trinajstić information content (AvgIpc) is 2.91. The first-order chi connectivity index (χ1) is 17.8. The number of carbonyl (C=O) groups excluding carboxylic acids is 1. The van der Waals surface area contributed by atoms with Gasteiger partial charge in [-0.1, -0.05) is 65.8 Å².